The van der Waals surface area contributed by atoms with Crippen LogP contribution in [0.1, 0.15) is 5.56 Å². The maximum Gasteiger partial charge on any atom is 0.314 e. The third-order valence-electron chi connectivity index (χ3n) is 4.19. The largest absolute Gasteiger partial charge is 0.496 e. The van der Waals surface area contributed by atoms with Gasteiger partial charge in [0, 0.05) is 24.5 Å². The van der Waals surface area contributed by atoms with Crippen LogP contribution >= 0.6 is 0 Å². The minimum absolute atomic E-state index is 0.154. The highest BCUT2D eigenvalue weighted by Gasteiger charge is 2.16. The molecule has 1 heterocycles. The number of ether oxygens (including phenoxy) is 1. The Labute approximate surface area is 172 Å². The molecule has 0 atom stereocenters. The van der Waals surface area contributed by atoms with Gasteiger partial charge in [-0.3, -0.25) is 14.4 Å². The van der Waals surface area contributed by atoms with Crippen LogP contribution in [0.3, 0.4) is 0 Å². The molecule has 154 valence electrons. The van der Waals surface area contributed by atoms with Gasteiger partial charge in [-0.2, -0.15) is 0 Å². The summed E-state index contributed by atoms with van der Waals surface area (Å²) in [6, 6.07) is 11.6. The molecule has 0 saturated heterocycles. The highest BCUT2D eigenvalue weighted by atomic mass is 16.5. The average Bonchev–Trinajstić information content (AvgIpc) is 3.28. The van der Waals surface area contributed by atoms with Crippen LogP contribution in [-0.2, 0) is 20.8 Å². The first-order chi connectivity index (χ1) is 14.5. The topological polar surface area (TPSA) is 123 Å². The molecule has 2 aromatic carbocycles. The van der Waals surface area contributed by atoms with Crippen molar-refractivity contribution in [3.05, 3.63) is 60.6 Å². The fourth-order valence-electron chi connectivity index (χ4n) is 2.73. The molecule has 0 aliphatic carbocycles. The molecule has 0 bridgehead atoms. The number of likely N-dealkylation sites (N-methyl/N-ethyl adjacent to an activating group) is 1. The van der Waals surface area contributed by atoms with E-state index in [0.717, 1.165) is 0 Å². The molecule has 0 fully saturated rings. The van der Waals surface area contributed by atoms with Crippen molar-refractivity contribution in [2.75, 3.05) is 24.8 Å². The van der Waals surface area contributed by atoms with Crippen molar-refractivity contribution >= 4 is 29.1 Å². The third-order valence-corrected chi connectivity index (χ3v) is 4.19. The predicted molar refractivity (Wildman–Crippen MR) is 110 cm³/mol. The molecule has 0 saturated carbocycles. The van der Waals surface area contributed by atoms with Gasteiger partial charge in [0.15, 0.2) is 12.2 Å². The lowest BCUT2D eigenvalue weighted by molar-refractivity contribution is -0.133. The lowest BCUT2D eigenvalue weighted by atomic mass is 10.1. The summed E-state index contributed by atoms with van der Waals surface area (Å²) in [6.45, 7) is 0. The fraction of sp³-hybridized carbons (Fsp3) is 0.143. The maximum atomic E-state index is 12.3. The Hall–Kier alpha value is -4.14. The van der Waals surface area contributed by atoms with Gasteiger partial charge in [0.25, 0.3) is 0 Å². The number of oxazole rings is 1. The summed E-state index contributed by atoms with van der Waals surface area (Å²) in [4.78, 5) is 39.9. The van der Waals surface area contributed by atoms with Crippen LogP contribution < -0.4 is 20.7 Å². The number of aromatic nitrogens is 1. The Kier molecular flexibility index (Phi) is 6.43. The van der Waals surface area contributed by atoms with E-state index in [1.807, 2.05) is 0 Å². The van der Waals surface area contributed by atoms with Crippen molar-refractivity contribution in [2.45, 2.75) is 6.42 Å². The van der Waals surface area contributed by atoms with Crippen LogP contribution in [0, 0.1) is 0 Å². The minimum Gasteiger partial charge on any atom is -0.496 e. The van der Waals surface area contributed by atoms with Crippen LogP contribution in [0.25, 0.3) is 11.3 Å². The molecular formula is C21H20N4O5. The number of nitrogens with zero attached hydrogens (tertiary/aromatic N) is 1. The molecule has 0 aliphatic heterocycles. The van der Waals surface area contributed by atoms with Gasteiger partial charge < -0.3 is 25.1 Å². The molecule has 0 unspecified atom stereocenters. The summed E-state index contributed by atoms with van der Waals surface area (Å²) >= 11 is 0. The van der Waals surface area contributed by atoms with Gasteiger partial charge in [-0.25, -0.2) is 4.98 Å². The van der Waals surface area contributed by atoms with Crippen molar-refractivity contribution < 1.29 is 23.5 Å². The third kappa shape index (κ3) is 5.02. The number of nitrogens with one attached hydrogen (secondary N) is 3. The summed E-state index contributed by atoms with van der Waals surface area (Å²) in [7, 11) is 3.03. The number of rotatable bonds is 6. The lowest BCUT2D eigenvalue weighted by Crippen LogP contribution is -2.29. The van der Waals surface area contributed by atoms with Crippen LogP contribution in [-0.4, -0.2) is 36.9 Å². The second-order valence-electron chi connectivity index (χ2n) is 6.24. The highest BCUT2D eigenvalue weighted by Crippen LogP contribution is 2.32. The van der Waals surface area contributed by atoms with Gasteiger partial charge >= 0.3 is 11.8 Å². The van der Waals surface area contributed by atoms with E-state index in [4.69, 9.17) is 9.15 Å². The van der Waals surface area contributed by atoms with E-state index >= 15 is 0 Å². The van der Waals surface area contributed by atoms with Gasteiger partial charge in [-0.15, -0.1) is 0 Å². The normalized spacial score (nSPS) is 10.2. The van der Waals surface area contributed by atoms with Crippen molar-refractivity contribution in [3.8, 4) is 17.1 Å². The number of hydrogen-bond acceptors (Lipinski definition) is 6. The Morgan fingerprint density at radius 3 is 2.40 bits per heavy atom. The van der Waals surface area contributed by atoms with E-state index in [9.17, 15) is 14.4 Å². The van der Waals surface area contributed by atoms with E-state index in [0.29, 0.717) is 34.0 Å². The smallest absolute Gasteiger partial charge is 0.314 e. The Balaban J connectivity index is 1.67. The van der Waals surface area contributed by atoms with Gasteiger partial charge in [0.05, 0.1) is 25.3 Å². The molecule has 30 heavy (non-hydrogen) atoms. The maximum absolute atomic E-state index is 12.3. The second kappa shape index (κ2) is 9.37. The number of carbonyl (C=O) groups is 3. The summed E-state index contributed by atoms with van der Waals surface area (Å²) in [5, 5.41) is 7.57. The lowest BCUT2D eigenvalue weighted by Gasteiger charge is -2.11. The van der Waals surface area contributed by atoms with Gasteiger partial charge in [-0.1, -0.05) is 12.1 Å². The first-order valence-corrected chi connectivity index (χ1v) is 8.99. The molecule has 9 nitrogen and oxygen atoms in total. The fourth-order valence-corrected chi connectivity index (χ4v) is 2.73. The van der Waals surface area contributed by atoms with Gasteiger partial charge in [-0.05, 0) is 29.8 Å². The quantitative estimate of drug-likeness (QED) is 0.538. The number of amides is 3. The molecule has 0 spiro atoms. The summed E-state index contributed by atoms with van der Waals surface area (Å²) in [5.74, 6) is -0.878. The summed E-state index contributed by atoms with van der Waals surface area (Å²) in [6.07, 6.45) is 3.02. The van der Waals surface area contributed by atoms with Crippen molar-refractivity contribution in [1.29, 1.82) is 0 Å². The zero-order valence-electron chi connectivity index (χ0n) is 16.4. The summed E-state index contributed by atoms with van der Waals surface area (Å²) < 4.78 is 10.6. The number of methoxy groups -OCH3 is 1. The molecule has 3 N–H and O–H groups in total. The van der Waals surface area contributed by atoms with Crippen LogP contribution in [0.5, 0.6) is 5.75 Å². The van der Waals surface area contributed by atoms with Crippen molar-refractivity contribution in [1.82, 2.24) is 10.3 Å². The van der Waals surface area contributed by atoms with Crippen molar-refractivity contribution in [3.63, 3.8) is 0 Å². The average molecular weight is 408 g/mol. The first-order valence-electron chi connectivity index (χ1n) is 8.99. The zero-order chi connectivity index (χ0) is 21.5. The van der Waals surface area contributed by atoms with E-state index < -0.39 is 11.8 Å². The number of anilines is 2. The number of carbonyl (C=O) groups excluding carboxylic acids is 3. The molecule has 1 aromatic heterocycles. The van der Waals surface area contributed by atoms with Crippen LogP contribution in [0.4, 0.5) is 11.4 Å². The van der Waals surface area contributed by atoms with Crippen LogP contribution in [0.2, 0.25) is 0 Å². The van der Waals surface area contributed by atoms with Crippen molar-refractivity contribution in [2.24, 2.45) is 0 Å². The molecule has 3 rings (SSSR count). The van der Waals surface area contributed by atoms with Gasteiger partial charge in [0.1, 0.15) is 5.75 Å². The first kappa shape index (κ1) is 20.6. The molecule has 0 aliphatic rings. The Morgan fingerprint density at radius 1 is 1.03 bits per heavy atom. The predicted octanol–water partition coefficient (Wildman–Crippen LogP) is 2.22. The van der Waals surface area contributed by atoms with E-state index in [1.54, 1.807) is 55.7 Å². The SMILES string of the molecule is CNC(=O)Cc1cccc(NC(=O)C(=O)Nc2ccc(-c3cnco3)c(OC)c2)c1. The molecule has 3 aromatic rings. The molecule has 9 heteroatoms. The monoisotopic (exact) mass is 408 g/mol. The summed E-state index contributed by atoms with van der Waals surface area (Å²) in [5.41, 5.74) is 2.16. The molecular weight excluding hydrogens is 388 g/mol. The van der Waals surface area contributed by atoms with E-state index in [-0.39, 0.29) is 12.3 Å². The highest BCUT2D eigenvalue weighted by molar-refractivity contribution is 6.43. The Morgan fingerprint density at radius 2 is 1.77 bits per heavy atom. The minimum atomic E-state index is -0.846. The standard InChI is InChI=1S/C21H20N4O5/c1-22-19(26)9-13-4-3-5-14(8-13)24-20(27)21(28)25-15-6-7-16(17(10-15)29-2)18-11-23-12-30-18/h3-8,10-12H,9H2,1-2H3,(H,22,26)(H,24,27)(H,25,28). The Bertz CT molecular complexity index is 1060. The number of hydrogen-bond donors (Lipinski definition) is 3. The molecule has 0 radical (unpaired) electrons. The van der Waals surface area contributed by atoms with E-state index in [1.165, 1.54) is 13.5 Å². The van der Waals surface area contributed by atoms with Crippen LogP contribution in [0.15, 0.2) is 59.5 Å². The molecule has 3 amide bonds. The van der Waals surface area contributed by atoms with E-state index in [2.05, 4.69) is 20.9 Å². The second-order valence-corrected chi connectivity index (χ2v) is 6.24. The zero-order valence-corrected chi connectivity index (χ0v) is 16.4. The van der Waals surface area contributed by atoms with Gasteiger partial charge in [0.2, 0.25) is 5.91 Å². The number of benzene rings is 2.